The first-order valence-corrected chi connectivity index (χ1v) is 8.43. The Balaban J connectivity index is 1.61. The van der Waals surface area contributed by atoms with Gasteiger partial charge in [-0.25, -0.2) is 4.98 Å². The first-order chi connectivity index (χ1) is 12.3. The average molecular weight is 404 g/mol. The number of hydrogen-bond donors (Lipinski definition) is 2. The average Bonchev–Trinajstić information content (AvgIpc) is 3.00. The molecule has 0 atom stereocenters. The standard InChI is InChI=1S/C17H14Cl2F3N3O/c18-11-3-1-10(2-4-11)9-23-5-6-26-14-8-12(19)7-13-15(14)25-16(24-13)17(20,21)22/h1-4,7-8,23H,5-6,9H2,(H,24,25). The van der Waals surface area contributed by atoms with E-state index in [0.717, 1.165) is 5.56 Å². The normalized spacial score (nSPS) is 11.9. The van der Waals surface area contributed by atoms with E-state index in [4.69, 9.17) is 27.9 Å². The first kappa shape index (κ1) is 18.8. The molecule has 3 aromatic rings. The van der Waals surface area contributed by atoms with Crippen LogP contribution >= 0.6 is 23.2 Å². The van der Waals surface area contributed by atoms with Gasteiger partial charge in [-0.05, 0) is 23.8 Å². The van der Waals surface area contributed by atoms with Crippen LogP contribution in [0.1, 0.15) is 11.4 Å². The molecule has 0 spiro atoms. The fourth-order valence-electron chi connectivity index (χ4n) is 2.36. The maximum absolute atomic E-state index is 12.8. The highest BCUT2D eigenvalue weighted by Gasteiger charge is 2.35. The lowest BCUT2D eigenvalue weighted by Gasteiger charge is -2.09. The van der Waals surface area contributed by atoms with Gasteiger partial charge in [0.15, 0.2) is 0 Å². The minimum Gasteiger partial charge on any atom is -0.490 e. The molecule has 26 heavy (non-hydrogen) atoms. The van der Waals surface area contributed by atoms with Crippen molar-refractivity contribution in [3.8, 4) is 5.75 Å². The van der Waals surface area contributed by atoms with E-state index < -0.39 is 12.0 Å². The molecule has 0 saturated heterocycles. The summed E-state index contributed by atoms with van der Waals surface area (Å²) in [5, 5.41) is 4.10. The second kappa shape index (κ2) is 7.73. The molecule has 0 fully saturated rings. The summed E-state index contributed by atoms with van der Waals surface area (Å²) >= 11 is 11.8. The third-order valence-corrected chi connectivity index (χ3v) is 4.03. The molecule has 0 unspecified atom stereocenters. The van der Waals surface area contributed by atoms with Crippen molar-refractivity contribution in [3.63, 3.8) is 0 Å². The molecule has 2 aromatic carbocycles. The zero-order valence-corrected chi connectivity index (χ0v) is 14.8. The number of alkyl halides is 3. The molecule has 0 radical (unpaired) electrons. The third kappa shape index (κ3) is 4.60. The topological polar surface area (TPSA) is 49.9 Å². The highest BCUT2D eigenvalue weighted by atomic mass is 35.5. The van der Waals surface area contributed by atoms with Crippen molar-refractivity contribution in [3.05, 3.63) is 57.8 Å². The second-order valence-corrected chi connectivity index (χ2v) is 6.41. The van der Waals surface area contributed by atoms with Gasteiger partial charge in [0.05, 0.1) is 5.52 Å². The maximum Gasteiger partial charge on any atom is 0.449 e. The summed E-state index contributed by atoms with van der Waals surface area (Å²) in [6.07, 6.45) is -4.57. The van der Waals surface area contributed by atoms with Crippen LogP contribution in [0.5, 0.6) is 5.75 Å². The van der Waals surface area contributed by atoms with Gasteiger partial charge in [0.2, 0.25) is 5.82 Å². The summed E-state index contributed by atoms with van der Waals surface area (Å²) in [4.78, 5) is 5.80. The van der Waals surface area contributed by atoms with Gasteiger partial charge in [0.25, 0.3) is 0 Å². The van der Waals surface area contributed by atoms with Gasteiger partial charge in [0.1, 0.15) is 17.9 Å². The van der Waals surface area contributed by atoms with Crippen LogP contribution in [0.15, 0.2) is 36.4 Å². The van der Waals surface area contributed by atoms with Crippen LogP contribution in [0.3, 0.4) is 0 Å². The Kier molecular flexibility index (Phi) is 5.60. The van der Waals surface area contributed by atoms with Gasteiger partial charge in [-0.3, -0.25) is 0 Å². The quantitative estimate of drug-likeness (QED) is 0.565. The first-order valence-electron chi connectivity index (χ1n) is 7.67. The number of fused-ring (bicyclic) bond motifs is 1. The highest BCUT2D eigenvalue weighted by Crippen LogP contribution is 2.33. The van der Waals surface area contributed by atoms with Crippen molar-refractivity contribution < 1.29 is 17.9 Å². The summed E-state index contributed by atoms with van der Waals surface area (Å²) < 4.78 is 44.0. The number of nitrogens with zero attached hydrogens (tertiary/aromatic N) is 1. The SMILES string of the molecule is FC(F)(F)c1nc2c(OCCNCc3ccc(Cl)cc3)cc(Cl)cc2[nH]1. The van der Waals surface area contributed by atoms with E-state index in [-0.39, 0.29) is 28.4 Å². The number of aromatic amines is 1. The predicted octanol–water partition coefficient (Wildman–Crippen LogP) is 5.06. The molecule has 0 aliphatic heterocycles. The van der Waals surface area contributed by atoms with E-state index in [1.165, 1.54) is 12.1 Å². The van der Waals surface area contributed by atoms with E-state index in [1.807, 2.05) is 12.1 Å². The molecule has 1 heterocycles. The fraction of sp³-hybridized carbons (Fsp3) is 0.235. The molecule has 2 N–H and O–H groups in total. The number of nitrogens with one attached hydrogen (secondary N) is 2. The van der Waals surface area contributed by atoms with Crippen LogP contribution in [-0.4, -0.2) is 23.1 Å². The lowest BCUT2D eigenvalue weighted by Crippen LogP contribution is -2.20. The third-order valence-electron chi connectivity index (χ3n) is 3.56. The van der Waals surface area contributed by atoms with Crippen LogP contribution in [0.2, 0.25) is 10.0 Å². The maximum atomic E-state index is 12.8. The molecule has 0 aliphatic carbocycles. The molecule has 0 bridgehead atoms. The van der Waals surface area contributed by atoms with E-state index >= 15 is 0 Å². The van der Waals surface area contributed by atoms with Crippen molar-refractivity contribution in [2.75, 3.05) is 13.2 Å². The smallest absolute Gasteiger partial charge is 0.449 e. The van der Waals surface area contributed by atoms with Crippen molar-refractivity contribution in [1.82, 2.24) is 15.3 Å². The van der Waals surface area contributed by atoms with Crippen LogP contribution in [-0.2, 0) is 12.7 Å². The number of ether oxygens (including phenoxy) is 1. The Hall–Kier alpha value is -1.96. The van der Waals surface area contributed by atoms with Gasteiger partial charge in [-0.2, -0.15) is 13.2 Å². The van der Waals surface area contributed by atoms with Crippen LogP contribution in [0.4, 0.5) is 13.2 Å². The molecule has 3 rings (SSSR count). The van der Waals surface area contributed by atoms with Gasteiger partial charge in [-0.1, -0.05) is 35.3 Å². The van der Waals surface area contributed by atoms with Crippen molar-refractivity contribution in [2.24, 2.45) is 0 Å². The van der Waals surface area contributed by atoms with Gasteiger partial charge in [0, 0.05) is 29.2 Å². The van der Waals surface area contributed by atoms with E-state index in [9.17, 15) is 13.2 Å². The van der Waals surface area contributed by atoms with Crippen molar-refractivity contribution in [2.45, 2.75) is 12.7 Å². The van der Waals surface area contributed by atoms with E-state index in [1.54, 1.807) is 12.1 Å². The number of H-pyrrole nitrogens is 1. The van der Waals surface area contributed by atoms with Gasteiger partial charge >= 0.3 is 6.18 Å². The molecular weight excluding hydrogens is 390 g/mol. The highest BCUT2D eigenvalue weighted by molar-refractivity contribution is 6.31. The molecule has 9 heteroatoms. The van der Waals surface area contributed by atoms with Gasteiger partial charge < -0.3 is 15.0 Å². The Morgan fingerprint density at radius 2 is 1.81 bits per heavy atom. The van der Waals surface area contributed by atoms with Gasteiger partial charge in [-0.15, -0.1) is 0 Å². The summed E-state index contributed by atoms with van der Waals surface area (Å²) in [7, 11) is 0. The summed E-state index contributed by atoms with van der Waals surface area (Å²) in [6.45, 7) is 1.36. The Morgan fingerprint density at radius 1 is 1.08 bits per heavy atom. The van der Waals surface area contributed by atoms with Crippen LogP contribution in [0, 0.1) is 0 Å². The molecule has 0 amide bonds. The van der Waals surface area contributed by atoms with Crippen LogP contribution in [0.25, 0.3) is 11.0 Å². The number of imidazole rings is 1. The Morgan fingerprint density at radius 3 is 2.50 bits per heavy atom. The lowest BCUT2D eigenvalue weighted by molar-refractivity contribution is -0.144. The largest absolute Gasteiger partial charge is 0.490 e. The molecule has 0 aliphatic rings. The summed E-state index contributed by atoms with van der Waals surface area (Å²) in [5.74, 6) is -0.881. The zero-order chi connectivity index (χ0) is 18.7. The van der Waals surface area contributed by atoms with E-state index in [0.29, 0.717) is 18.1 Å². The zero-order valence-electron chi connectivity index (χ0n) is 13.3. The fourth-order valence-corrected chi connectivity index (χ4v) is 2.70. The van der Waals surface area contributed by atoms with Crippen molar-refractivity contribution >= 4 is 34.2 Å². The number of benzene rings is 2. The Labute approximate surface area is 157 Å². The van der Waals surface area contributed by atoms with E-state index in [2.05, 4.69) is 15.3 Å². The molecule has 4 nitrogen and oxygen atoms in total. The number of aromatic nitrogens is 2. The Bertz CT molecular complexity index is 895. The van der Waals surface area contributed by atoms with Crippen LogP contribution < -0.4 is 10.1 Å². The molecule has 138 valence electrons. The predicted molar refractivity (Wildman–Crippen MR) is 94.8 cm³/mol. The molecule has 0 saturated carbocycles. The molecular formula is C17H14Cl2F3N3O. The van der Waals surface area contributed by atoms with Crippen molar-refractivity contribution in [1.29, 1.82) is 0 Å². The summed E-state index contributed by atoms with van der Waals surface area (Å²) in [5.41, 5.74) is 1.33. The molecule has 1 aromatic heterocycles. The lowest BCUT2D eigenvalue weighted by atomic mass is 10.2. The summed E-state index contributed by atoms with van der Waals surface area (Å²) in [6, 6.07) is 10.2. The monoisotopic (exact) mass is 403 g/mol. The second-order valence-electron chi connectivity index (χ2n) is 5.53. The number of halogens is 5. The minimum absolute atomic E-state index is 0.0967. The number of hydrogen-bond acceptors (Lipinski definition) is 3. The minimum atomic E-state index is -4.57. The number of rotatable bonds is 6.